The van der Waals surface area contributed by atoms with Gasteiger partial charge >= 0.3 is 0 Å². The topological polar surface area (TPSA) is 0 Å². The Bertz CT molecular complexity index is 561. The van der Waals surface area contributed by atoms with Crippen LogP contribution in [0.1, 0.15) is 83.1 Å². The van der Waals surface area contributed by atoms with Crippen LogP contribution in [0, 0.1) is 32.5 Å². The minimum atomic E-state index is 0.154. The third kappa shape index (κ3) is 1.46. The van der Waals surface area contributed by atoms with Crippen LogP contribution in [0.3, 0.4) is 0 Å². The summed E-state index contributed by atoms with van der Waals surface area (Å²) in [5.41, 5.74) is 4.31. The van der Waals surface area contributed by atoms with E-state index in [9.17, 15) is 0 Å². The van der Waals surface area contributed by atoms with Crippen molar-refractivity contribution in [3.8, 4) is 0 Å². The number of fused-ring (bicyclic) bond motifs is 1. The molecule has 0 bridgehead atoms. The van der Waals surface area contributed by atoms with Gasteiger partial charge in [-0.1, -0.05) is 99.5 Å². The summed E-state index contributed by atoms with van der Waals surface area (Å²) in [5, 5.41) is 0. The molecule has 1 atom stereocenters. The molecule has 0 aromatic rings. The highest BCUT2D eigenvalue weighted by Gasteiger charge is 2.71. The zero-order valence-electron chi connectivity index (χ0n) is 17.2. The van der Waals surface area contributed by atoms with E-state index in [2.05, 4.69) is 95.2 Å². The van der Waals surface area contributed by atoms with Gasteiger partial charge in [0.2, 0.25) is 0 Å². The van der Waals surface area contributed by atoms with Gasteiger partial charge in [0, 0.05) is 5.41 Å². The van der Waals surface area contributed by atoms with Crippen molar-refractivity contribution in [1.29, 1.82) is 0 Å². The first kappa shape index (κ1) is 17.8. The molecule has 0 aromatic heterocycles. The molecule has 0 nitrogen and oxygen atoms in total. The summed E-state index contributed by atoms with van der Waals surface area (Å²) in [5.74, 6) is 0. The van der Waals surface area contributed by atoms with Gasteiger partial charge in [-0.25, -0.2) is 0 Å². The first-order chi connectivity index (χ1) is 9.51. The van der Waals surface area contributed by atoms with Crippen molar-refractivity contribution in [2.75, 3.05) is 0 Å². The summed E-state index contributed by atoms with van der Waals surface area (Å²) < 4.78 is 0. The number of hydrogen-bond acceptors (Lipinski definition) is 0. The highest BCUT2D eigenvalue weighted by atomic mass is 14.7. The molecule has 0 aromatic carbocycles. The van der Waals surface area contributed by atoms with Crippen LogP contribution in [-0.4, -0.2) is 0 Å². The van der Waals surface area contributed by atoms with E-state index in [0.717, 1.165) is 0 Å². The molecule has 22 heavy (non-hydrogen) atoms. The quantitative estimate of drug-likeness (QED) is 0.451. The van der Waals surface area contributed by atoms with Gasteiger partial charge in [-0.3, -0.25) is 0 Å². The van der Waals surface area contributed by atoms with Gasteiger partial charge in [0.05, 0.1) is 0 Å². The fraction of sp³-hybridized carbons (Fsp3) is 0.818. The van der Waals surface area contributed by atoms with Gasteiger partial charge in [-0.2, -0.15) is 0 Å². The van der Waals surface area contributed by atoms with Crippen molar-refractivity contribution in [2.24, 2.45) is 32.5 Å². The van der Waals surface area contributed by atoms with Crippen molar-refractivity contribution in [1.82, 2.24) is 0 Å². The smallest absolute Gasteiger partial charge is 0.00369 e. The van der Waals surface area contributed by atoms with Crippen molar-refractivity contribution >= 4 is 0 Å². The molecule has 1 saturated carbocycles. The third-order valence-corrected chi connectivity index (χ3v) is 9.89. The van der Waals surface area contributed by atoms with E-state index in [1.807, 2.05) is 0 Å². The average molecular weight is 303 g/mol. The van der Waals surface area contributed by atoms with Crippen molar-refractivity contribution in [2.45, 2.75) is 83.1 Å². The first-order valence-corrected chi connectivity index (χ1v) is 8.91. The summed E-state index contributed by atoms with van der Waals surface area (Å²) in [6.45, 7) is 29.7. The summed E-state index contributed by atoms with van der Waals surface area (Å²) in [6.07, 6.45) is 4.84. The molecule has 0 heterocycles. The van der Waals surface area contributed by atoms with Crippen LogP contribution in [0.25, 0.3) is 0 Å². The van der Waals surface area contributed by atoms with E-state index in [-0.39, 0.29) is 32.5 Å². The Hall–Kier alpha value is -0.520. The lowest BCUT2D eigenvalue weighted by molar-refractivity contribution is -0.201. The Balaban J connectivity index is 2.95. The maximum atomic E-state index is 2.54. The summed E-state index contributed by atoms with van der Waals surface area (Å²) in [7, 11) is 0. The highest BCUT2D eigenvalue weighted by Crippen LogP contribution is 2.78. The lowest BCUT2D eigenvalue weighted by Gasteiger charge is -2.75. The van der Waals surface area contributed by atoms with Crippen LogP contribution in [0.4, 0.5) is 0 Å². The predicted molar refractivity (Wildman–Crippen MR) is 98.9 cm³/mol. The van der Waals surface area contributed by atoms with E-state index >= 15 is 0 Å². The van der Waals surface area contributed by atoms with Crippen molar-refractivity contribution in [3.05, 3.63) is 23.3 Å². The second-order valence-electron chi connectivity index (χ2n) is 10.7. The maximum absolute atomic E-state index is 2.54. The molecule has 1 unspecified atom stereocenters. The van der Waals surface area contributed by atoms with E-state index in [0.29, 0.717) is 0 Å². The number of rotatable bonds is 0. The van der Waals surface area contributed by atoms with E-state index in [1.165, 1.54) is 5.57 Å². The second kappa shape index (κ2) is 4.11. The molecule has 0 saturated heterocycles. The van der Waals surface area contributed by atoms with Gasteiger partial charge in [-0.15, -0.1) is 0 Å². The van der Waals surface area contributed by atoms with Gasteiger partial charge in [0.15, 0.2) is 0 Å². The largest absolute Gasteiger partial charge is 0.0668 e. The Labute approximate surface area is 139 Å². The maximum Gasteiger partial charge on any atom is 0.00369 e. The molecule has 1 fully saturated rings. The lowest BCUT2D eigenvalue weighted by Crippen LogP contribution is -2.68. The molecule has 0 heteroatoms. The molecule has 0 aliphatic heterocycles. The number of allylic oxidation sites excluding steroid dienone is 4. The Kier molecular flexibility index (Phi) is 3.33. The van der Waals surface area contributed by atoms with Crippen LogP contribution in [0.15, 0.2) is 23.3 Å². The van der Waals surface area contributed by atoms with Crippen LogP contribution in [0.2, 0.25) is 0 Å². The van der Waals surface area contributed by atoms with Crippen LogP contribution in [-0.2, 0) is 0 Å². The minimum absolute atomic E-state index is 0.154. The molecule has 2 aliphatic rings. The Morgan fingerprint density at radius 2 is 1.00 bits per heavy atom. The molecule has 0 spiro atoms. The zero-order valence-corrected chi connectivity index (χ0v) is 17.2. The summed E-state index contributed by atoms with van der Waals surface area (Å²) >= 11 is 0. The van der Waals surface area contributed by atoms with E-state index in [4.69, 9.17) is 0 Å². The molecule has 2 rings (SSSR count). The highest BCUT2D eigenvalue weighted by molar-refractivity contribution is 5.45. The van der Waals surface area contributed by atoms with Gasteiger partial charge in [-0.05, 0) is 34.0 Å². The molecular weight excluding hydrogens is 264 g/mol. The van der Waals surface area contributed by atoms with Gasteiger partial charge < -0.3 is 0 Å². The monoisotopic (exact) mass is 302 g/mol. The molecule has 126 valence electrons. The summed E-state index contributed by atoms with van der Waals surface area (Å²) in [6, 6.07) is 0. The Morgan fingerprint density at radius 1 is 0.545 bits per heavy atom. The molecule has 0 N–H and O–H groups in total. The predicted octanol–water partition coefficient (Wildman–Crippen LogP) is 7.02. The van der Waals surface area contributed by atoms with E-state index in [1.54, 1.807) is 5.57 Å². The van der Waals surface area contributed by atoms with Crippen LogP contribution < -0.4 is 0 Å². The van der Waals surface area contributed by atoms with Crippen molar-refractivity contribution < 1.29 is 0 Å². The molecule has 0 amide bonds. The van der Waals surface area contributed by atoms with Crippen molar-refractivity contribution in [3.63, 3.8) is 0 Å². The molecular formula is C22H38. The second-order valence-corrected chi connectivity index (χ2v) is 10.7. The first-order valence-electron chi connectivity index (χ1n) is 8.91. The number of hydrogen-bond donors (Lipinski definition) is 0. The normalized spacial score (nSPS) is 36.9. The lowest BCUT2D eigenvalue weighted by atomic mass is 9.29. The zero-order chi connectivity index (χ0) is 17.6. The van der Waals surface area contributed by atoms with Crippen LogP contribution >= 0.6 is 0 Å². The van der Waals surface area contributed by atoms with Gasteiger partial charge in [0.25, 0.3) is 0 Å². The molecule has 0 radical (unpaired) electrons. The average Bonchev–Trinajstić information content (AvgIpc) is 2.34. The fourth-order valence-corrected chi connectivity index (χ4v) is 5.79. The standard InChI is InChI=1S/C22H38/c1-15-13-14-16-18(4,5)19(6,7)20(8,9)21(10,11)22(16,12)17(15,2)3/h13-14H,1-12H3. The van der Waals surface area contributed by atoms with E-state index < -0.39 is 0 Å². The van der Waals surface area contributed by atoms with Crippen LogP contribution in [0.5, 0.6) is 0 Å². The summed E-state index contributed by atoms with van der Waals surface area (Å²) in [4.78, 5) is 0. The Morgan fingerprint density at radius 3 is 1.45 bits per heavy atom. The fourth-order valence-electron chi connectivity index (χ4n) is 5.79. The SMILES string of the molecule is CC1=CC=C2C(C)(C)C(C)(C)C(C)(C)C(C)(C)C2(C)C1(C)C. The molecule has 2 aliphatic carbocycles. The third-order valence-electron chi connectivity index (χ3n) is 9.89. The minimum Gasteiger partial charge on any atom is -0.0668 e. The van der Waals surface area contributed by atoms with Gasteiger partial charge in [0.1, 0.15) is 0 Å².